The average molecular weight is 421 g/mol. The number of nitrogen functional groups attached to an aromatic ring is 1. The van der Waals surface area contributed by atoms with E-state index in [4.69, 9.17) is 10.5 Å². The highest BCUT2D eigenvalue weighted by molar-refractivity contribution is 5.82. The fourth-order valence-electron chi connectivity index (χ4n) is 3.58. The number of aromatic amines is 1. The van der Waals surface area contributed by atoms with Crippen molar-refractivity contribution in [3.63, 3.8) is 0 Å². The number of pyridine rings is 1. The van der Waals surface area contributed by atoms with E-state index in [9.17, 15) is 9.50 Å². The Morgan fingerprint density at radius 2 is 2.10 bits per heavy atom. The summed E-state index contributed by atoms with van der Waals surface area (Å²) in [5, 5.41) is 13.6. The minimum Gasteiger partial charge on any atom is -0.453 e. The molecule has 1 atom stereocenters. The minimum absolute atomic E-state index is 0.0909. The van der Waals surface area contributed by atoms with Gasteiger partial charge in [-0.15, -0.1) is 0 Å². The second-order valence-electron chi connectivity index (χ2n) is 7.28. The van der Waals surface area contributed by atoms with Crippen LogP contribution < -0.4 is 20.7 Å². The molecular weight excluding hydrogens is 401 g/mol. The number of anilines is 4. The van der Waals surface area contributed by atoms with Gasteiger partial charge in [-0.3, -0.25) is 0 Å². The molecule has 0 radical (unpaired) electrons. The number of H-pyrrole nitrogens is 1. The Labute approximate surface area is 176 Å². The smallest absolute Gasteiger partial charge is 0.223 e. The van der Waals surface area contributed by atoms with Gasteiger partial charge >= 0.3 is 0 Å². The Bertz CT molecular complexity index is 1250. The van der Waals surface area contributed by atoms with Gasteiger partial charge in [-0.2, -0.15) is 9.97 Å². The summed E-state index contributed by atoms with van der Waals surface area (Å²) in [4.78, 5) is 17.5. The molecule has 1 saturated heterocycles. The molecule has 0 saturated carbocycles. The molecule has 158 valence electrons. The molecule has 31 heavy (non-hydrogen) atoms. The largest absolute Gasteiger partial charge is 0.453 e. The Kier molecular flexibility index (Phi) is 4.75. The number of aromatic nitrogens is 4. The highest BCUT2D eigenvalue weighted by Crippen LogP contribution is 2.32. The highest BCUT2D eigenvalue weighted by Gasteiger charge is 2.22. The average Bonchev–Trinajstić information content (AvgIpc) is 3.39. The number of fused-ring (bicyclic) bond motifs is 1. The van der Waals surface area contributed by atoms with Gasteiger partial charge in [0.15, 0.2) is 11.6 Å². The SMILES string of the molecule is Nc1nc(Nc2ccc(Oc3ccnc4[nH]ccc34)c(F)c2)cc(N2CC[C@@H](O)C2)n1. The first-order valence-corrected chi connectivity index (χ1v) is 9.79. The number of nitrogens with two attached hydrogens (primary N) is 1. The number of β-amino-alcohol motifs (C(OH)–C–C–N with tert-alkyl or cyclic N) is 1. The van der Waals surface area contributed by atoms with Crippen LogP contribution in [-0.2, 0) is 0 Å². The van der Waals surface area contributed by atoms with Gasteiger partial charge < -0.3 is 30.8 Å². The lowest BCUT2D eigenvalue weighted by Gasteiger charge is -2.18. The van der Waals surface area contributed by atoms with Crippen molar-refractivity contribution in [3.05, 3.63) is 54.6 Å². The predicted octanol–water partition coefficient (Wildman–Crippen LogP) is 3.18. The molecule has 4 aromatic rings. The third-order valence-corrected chi connectivity index (χ3v) is 5.06. The van der Waals surface area contributed by atoms with E-state index in [-0.39, 0.29) is 17.8 Å². The van der Waals surface area contributed by atoms with E-state index in [1.165, 1.54) is 6.07 Å². The Morgan fingerprint density at radius 1 is 1.19 bits per heavy atom. The lowest BCUT2D eigenvalue weighted by atomic mass is 10.2. The summed E-state index contributed by atoms with van der Waals surface area (Å²) < 4.78 is 20.5. The standard InChI is InChI=1S/C21H20FN7O2/c22-15-9-12(1-2-17(15)31-16-4-7-25-20-14(16)3-6-24-20)26-18-10-19(28-21(23)27-18)29-8-5-13(30)11-29/h1-4,6-7,9-10,13,30H,5,8,11H2,(H,24,25)(H3,23,26,27,28)/t13-/m1/s1. The summed E-state index contributed by atoms with van der Waals surface area (Å²) in [6.07, 6.45) is 3.63. The van der Waals surface area contributed by atoms with Gasteiger partial charge in [0.05, 0.1) is 11.5 Å². The highest BCUT2D eigenvalue weighted by atomic mass is 19.1. The van der Waals surface area contributed by atoms with Crippen molar-refractivity contribution in [3.8, 4) is 11.5 Å². The lowest BCUT2D eigenvalue weighted by molar-refractivity contribution is 0.198. The number of rotatable bonds is 5. The monoisotopic (exact) mass is 421 g/mol. The molecule has 1 aliphatic heterocycles. The normalized spacial score (nSPS) is 16.1. The van der Waals surface area contributed by atoms with Gasteiger partial charge in [0.25, 0.3) is 0 Å². The first-order chi connectivity index (χ1) is 15.0. The maximum absolute atomic E-state index is 14.7. The van der Waals surface area contributed by atoms with Crippen LogP contribution in [0.15, 0.2) is 48.8 Å². The molecule has 4 heterocycles. The van der Waals surface area contributed by atoms with Crippen LogP contribution in [0.3, 0.4) is 0 Å². The van der Waals surface area contributed by atoms with Crippen molar-refractivity contribution < 1.29 is 14.2 Å². The third-order valence-electron chi connectivity index (χ3n) is 5.06. The van der Waals surface area contributed by atoms with Gasteiger partial charge in [-0.25, -0.2) is 9.37 Å². The van der Waals surface area contributed by atoms with Gasteiger partial charge in [-0.1, -0.05) is 0 Å². The summed E-state index contributed by atoms with van der Waals surface area (Å²) in [6, 6.07) is 9.77. The van der Waals surface area contributed by atoms with Gasteiger partial charge in [0, 0.05) is 43.3 Å². The number of hydrogen-bond acceptors (Lipinski definition) is 8. The molecule has 1 fully saturated rings. The number of nitrogens with one attached hydrogen (secondary N) is 2. The minimum atomic E-state index is -0.532. The summed E-state index contributed by atoms with van der Waals surface area (Å²) in [5.74, 6) is 1.20. The molecular formula is C21H20FN7O2. The summed E-state index contributed by atoms with van der Waals surface area (Å²) in [7, 11) is 0. The molecule has 0 unspecified atom stereocenters. The number of aliphatic hydroxyl groups is 1. The molecule has 5 N–H and O–H groups in total. The summed E-state index contributed by atoms with van der Waals surface area (Å²) in [6.45, 7) is 1.17. The Morgan fingerprint density at radius 3 is 2.90 bits per heavy atom. The van der Waals surface area contributed by atoms with Crippen LogP contribution in [0.25, 0.3) is 11.0 Å². The van der Waals surface area contributed by atoms with Crippen LogP contribution in [0.2, 0.25) is 0 Å². The van der Waals surface area contributed by atoms with Gasteiger partial charge in [0.2, 0.25) is 5.95 Å². The predicted molar refractivity (Wildman–Crippen MR) is 115 cm³/mol. The quantitative estimate of drug-likeness (QED) is 0.387. The van der Waals surface area contributed by atoms with Crippen LogP contribution in [0.4, 0.5) is 27.7 Å². The second-order valence-corrected chi connectivity index (χ2v) is 7.28. The van der Waals surface area contributed by atoms with Crippen molar-refractivity contribution in [2.24, 2.45) is 0 Å². The number of benzene rings is 1. The first kappa shape index (κ1) is 19.1. The molecule has 0 aliphatic carbocycles. The third kappa shape index (κ3) is 3.92. The molecule has 0 amide bonds. The van der Waals surface area contributed by atoms with E-state index in [0.29, 0.717) is 48.2 Å². The summed E-state index contributed by atoms with van der Waals surface area (Å²) in [5.41, 5.74) is 6.99. The van der Waals surface area contributed by atoms with E-state index in [2.05, 4.69) is 25.3 Å². The molecule has 1 aromatic carbocycles. The Balaban J connectivity index is 1.36. The maximum Gasteiger partial charge on any atom is 0.223 e. The van der Waals surface area contributed by atoms with Gasteiger partial charge in [-0.05, 0) is 30.7 Å². The van der Waals surface area contributed by atoms with E-state index in [1.54, 1.807) is 36.7 Å². The zero-order valence-electron chi connectivity index (χ0n) is 16.4. The van der Waals surface area contributed by atoms with Crippen molar-refractivity contribution in [1.29, 1.82) is 0 Å². The van der Waals surface area contributed by atoms with E-state index in [1.807, 2.05) is 11.0 Å². The van der Waals surface area contributed by atoms with Crippen LogP contribution in [-0.4, -0.2) is 44.2 Å². The maximum atomic E-state index is 14.7. The Hall–Kier alpha value is -3.92. The van der Waals surface area contributed by atoms with Crippen LogP contribution in [0, 0.1) is 5.82 Å². The van der Waals surface area contributed by atoms with Crippen LogP contribution in [0.5, 0.6) is 11.5 Å². The molecule has 3 aromatic heterocycles. The first-order valence-electron chi connectivity index (χ1n) is 9.79. The number of aliphatic hydroxyl groups excluding tert-OH is 1. The molecule has 0 bridgehead atoms. The topological polar surface area (TPSA) is 125 Å². The van der Waals surface area contributed by atoms with Gasteiger partial charge in [0.1, 0.15) is 23.0 Å². The second kappa shape index (κ2) is 7.73. The van der Waals surface area contributed by atoms with Crippen molar-refractivity contribution in [2.75, 3.05) is 29.0 Å². The molecule has 5 rings (SSSR count). The lowest BCUT2D eigenvalue weighted by Crippen LogP contribution is -2.23. The molecule has 10 heteroatoms. The van der Waals surface area contributed by atoms with Crippen LogP contribution in [0.1, 0.15) is 6.42 Å². The number of hydrogen-bond donors (Lipinski definition) is 4. The van der Waals surface area contributed by atoms with Crippen molar-refractivity contribution in [1.82, 2.24) is 19.9 Å². The zero-order chi connectivity index (χ0) is 21.4. The zero-order valence-corrected chi connectivity index (χ0v) is 16.4. The number of nitrogens with zero attached hydrogens (tertiary/aromatic N) is 4. The van der Waals surface area contributed by atoms with E-state index in [0.717, 1.165) is 5.39 Å². The molecule has 9 nitrogen and oxygen atoms in total. The fraction of sp³-hybridized carbons (Fsp3) is 0.190. The molecule has 1 aliphatic rings. The van der Waals surface area contributed by atoms with E-state index < -0.39 is 5.82 Å². The van der Waals surface area contributed by atoms with E-state index >= 15 is 0 Å². The fourth-order valence-corrected chi connectivity index (χ4v) is 3.58. The van der Waals surface area contributed by atoms with Crippen LogP contribution >= 0.6 is 0 Å². The summed E-state index contributed by atoms with van der Waals surface area (Å²) >= 11 is 0. The number of ether oxygens (including phenoxy) is 1. The van der Waals surface area contributed by atoms with Crippen molar-refractivity contribution >= 4 is 34.3 Å². The number of halogens is 1. The molecule has 0 spiro atoms. The van der Waals surface area contributed by atoms with Crippen molar-refractivity contribution in [2.45, 2.75) is 12.5 Å².